The highest BCUT2D eigenvalue weighted by molar-refractivity contribution is 14.1. The Morgan fingerprint density at radius 1 is 0.952 bits per heavy atom. The lowest BCUT2D eigenvalue weighted by Gasteiger charge is -2.07. The minimum atomic E-state index is 0.717. The van der Waals surface area contributed by atoms with Gasteiger partial charge in [-0.25, -0.2) is 0 Å². The average molecular weight is 387 g/mol. The molecule has 0 unspecified atom stereocenters. The molecule has 1 aliphatic carbocycles. The number of furan rings is 1. The minimum absolute atomic E-state index is 0.717. The fourth-order valence-electron chi connectivity index (χ4n) is 2.89. The molecule has 2 aromatic carbocycles. The SMILES string of the molecule is Ic1ccc(CNc2ccc3c(c2)Cc2ccccc2-3)o1. The van der Waals surface area contributed by atoms with Crippen LogP contribution in [0.5, 0.6) is 0 Å². The summed E-state index contributed by atoms with van der Waals surface area (Å²) in [6.45, 7) is 0.717. The van der Waals surface area contributed by atoms with E-state index in [-0.39, 0.29) is 0 Å². The van der Waals surface area contributed by atoms with Crippen molar-refractivity contribution in [3.8, 4) is 11.1 Å². The van der Waals surface area contributed by atoms with E-state index in [0.717, 1.165) is 28.2 Å². The summed E-state index contributed by atoms with van der Waals surface area (Å²) in [5, 5.41) is 3.43. The molecule has 1 aromatic heterocycles. The summed E-state index contributed by atoms with van der Waals surface area (Å²) in [4.78, 5) is 0. The highest BCUT2D eigenvalue weighted by Gasteiger charge is 2.17. The van der Waals surface area contributed by atoms with Gasteiger partial charge in [0.15, 0.2) is 3.77 Å². The molecule has 4 rings (SSSR count). The van der Waals surface area contributed by atoms with Crippen LogP contribution < -0.4 is 5.32 Å². The van der Waals surface area contributed by atoms with Gasteiger partial charge in [0.05, 0.1) is 6.54 Å². The first kappa shape index (κ1) is 13.0. The van der Waals surface area contributed by atoms with Gasteiger partial charge in [0.25, 0.3) is 0 Å². The zero-order chi connectivity index (χ0) is 14.2. The summed E-state index contributed by atoms with van der Waals surface area (Å²) in [6, 6.07) is 19.3. The van der Waals surface area contributed by atoms with E-state index in [0.29, 0.717) is 0 Å². The standard InChI is InChI=1S/C18H14INO/c19-18-8-6-15(21-18)11-20-14-5-7-17-13(10-14)9-12-3-1-2-4-16(12)17/h1-8,10,20H,9,11H2. The van der Waals surface area contributed by atoms with Crippen molar-refractivity contribution >= 4 is 28.3 Å². The van der Waals surface area contributed by atoms with E-state index in [9.17, 15) is 0 Å². The molecule has 0 amide bonds. The molecule has 0 saturated carbocycles. The van der Waals surface area contributed by atoms with Gasteiger partial charge in [0.2, 0.25) is 0 Å². The van der Waals surface area contributed by atoms with Crippen LogP contribution in [-0.4, -0.2) is 0 Å². The van der Waals surface area contributed by atoms with E-state index in [2.05, 4.69) is 70.4 Å². The van der Waals surface area contributed by atoms with Crippen molar-refractivity contribution in [1.82, 2.24) is 0 Å². The summed E-state index contributed by atoms with van der Waals surface area (Å²) in [7, 11) is 0. The Morgan fingerprint density at radius 2 is 1.81 bits per heavy atom. The van der Waals surface area contributed by atoms with E-state index in [1.165, 1.54) is 22.3 Å². The van der Waals surface area contributed by atoms with Crippen molar-refractivity contribution in [1.29, 1.82) is 0 Å². The van der Waals surface area contributed by atoms with Gasteiger partial charge in [-0.2, -0.15) is 0 Å². The first-order valence-corrected chi connectivity index (χ1v) is 8.07. The molecule has 0 spiro atoms. The third-order valence-corrected chi connectivity index (χ3v) is 4.47. The third kappa shape index (κ3) is 2.46. The number of rotatable bonds is 3. The Morgan fingerprint density at radius 3 is 2.67 bits per heavy atom. The molecule has 0 atom stereocenters. The van der Waals surface area contributed by atoms with Crippen molar-refractivity contribution in [2.75, 3.05) is 5.32 Å². The Bertz CT molecular complexity index is 806. The van der Waals surface area contributed by atoms with Crippen LogP contribution in [0.2, 0.25) is 0 Å². The molecule has 3 aromatic rings. The van der Waals surface area contributed by atoms with Crippen molar-refractivity contribution in [2.24, 2.45) is 0 Å². The van der Waals surface area contributed by atoms with E-state index < -0.39 is 0 Å². The lowest BCUT2D eigenvalue weighted by molar-refractivity contribution is 0.493. The van der Waals surface area contributed by atoms with Crippen LogP contribution in [0.3, 0.4) is 0 Å². The number of anilines is 1. The van der Waals surface area contributed by atoms with Crippen LogP contribution in [0, 0.1) is 3.77 Å². The summed E-state index contributed by atoms with van der Waals surface area (Å²) in [5.41, 5.74) is 6.71. The molecule has 0 aliphatic heterocycles. The maximum Gasteiger partial charge on any atom is 0.164 e. The Hall–Kier alpha value is -1.75. The van der Waals surface area contributed by atoms with E-state index in [1.54, 1.807) is 0 Å². The molecule has 1 aliphatic rings. The van der Waals surface area contributed by atoms with Crippen LogP contribution >= 0.6 is 22.6 Å². The van der Waals surface area contributed by atoms with Crippen molar-refractivity contribution in [3.05, 3.63) is 75.3 Å². The van der Waals surface area contributed by atoms with Crippen molar-refractivity contribution in [2.45, 2.75) is 13.0 Å². The van der Waals surface area contributed by atoms with Gasteiger partial charge in [-0.1, -0.05) is 30.3 Å². The van der Waals surface area contributed by atoms with Crippen LogP contribution in [0.15, 0.2) is 59.0 Å². The van der Waals surface area contributed by atoms with Gasteiger partial charge in [0.1, 0.15) is 5.76 Å². The van der Waals surface area contributed by atoms with Crippen LogP contribution in [0.1, 0.15) is 16.9 Å². The quantitative estimate of drug-likeness (QED) is 0.497. The molecule has 104 valence electrons. The monoisotopic (exact) mass is 387 g/mol. The van der Waals surface area contributed by atoms with Gasteiger partial charge in [0, 0.05) is 5.69 Å². The second-order valence-electron chi connectivity index (χ2n) is 5.27. The first-order chi connectivity index (χ1) is 10.3. The predicted molar refractivity (Wildman–Crippen MR) is 93.4 cm³/mol. The second-order valence-corrected chi connectivity index (χ2v) is 6.33. The lowest BCUT2D eigenvalue weighted by Crippen LogP contribution is -1.98. The molecule has 0 saturated heterocycles. The summed E-state index contributed by atoms with van der Waals surface area (Å²) >= 11 is 2.18. The maximum absolute atomic E-state index is 5.57. The zero-order valence-electron chi connectivity index (χ0n) is 11.4. The molecule has 1 N–H and O–H groups in total. The van der Waals surface area contributed by atoms with Crippen molar-refractivity contribution < 1.29 is 4.42 Å². The van der Waals surface area contributed by atoms with Gasteiger partial charge in [-0.3, -0.25) is 0 Å². The molecule has 2 nitrogen and oxygen atoms in total. The van der Waals surface area contributed by atoms with Gasteiger partial charge >= 0.3 is 0 Å². The molecule has 0 fully saturated rings. The minimum Gasteiger partial charge on any atom is -0.454 e. The Kier molecular flexibility index (Phi) is 3.22. The number of hydrogen-bond acceptors (Lipinski definition) is 2. The lowest BCUT2D eigenvalue weighted by atomic mass is 10.1. The highest BCUT2D eigenvalue weighted by atomic mass is 127. The molecule has 0 radical (unpaired) electrons. The maximum atomic E-state index is 5.57. The van der Waals surface area contributed by atoms with E-state index in [4.69, 9.17) is 4.42 Å². The smallest absolute Gasteiger partial charge is 0.164 e. The largest absolute Gasteiger partial charge is 0.454 e. The normalized spacial score (nSPS) is 12.0. The number of benzene rings is 2. The third-order valence-electron chi connectivity index (χ3n) is 3.89. The van der Waals surface area contributed by atoms with E-state index >= 15 is 0 Å². The topological polar surface area (TPSA) is 25.2 Å². The zero-order valence-corrected chi connectivity index (χ0v) is 13.6. The Balaban J connectivity index is 1.56. The molecule has 0 bridgehead atoms. The van der Waals surface area contributed by atoms with Gasteiger partial charge in [-0.05, 0) is 75.5 Å². The van der Waals surface area contributed by atoms with Crippen molar-refractivity contribution in [3.63, 3.8) is 0 Å². The van der Waals surface area contributed by atoms with Crippen LogP contribution in [0.4, 0.5) is 5.69 Å². The number of hydrogen-bond donors (Lipinski definition) is 1. The second kappa shape index (κ2) is 5.22. The summed E-state index contributed by atoms with van der Waals surface area (Å²) in [6.07, 6.45) is 1.03. The molecular weight excluding hydrogens is 373 g/mol. The molecule has 3 heteroatoms. The highest BCUT2D eigenvalue weighted by Crippen LogP contribution is 2.37. The summed E-state index contributed by atoms with van der Waals surface area (Å²) in [5.74, 6) is 0.961. The fraction of sp³-hybridized carbons (Fsp3) is 0.111. The average Bonchev–Trinajstić information content (AvgIpc) is 3.07. The number of halogens is 1. The fourth-order valence-corrected chi connectivity index (χ4v) is 3.35. The molecule has 1 heterocycles. The molecule has 21 heavy (non-hydrogen) atoms. The number of nitrogens with one attached hydrogen (secondary N) is 1. The van der Waals surface area contributed by atoms with Crippen LogP contribution in [0.25, 0.3) is 11.1 Å². The van der Waals surface area contributed by atoms with Crippen LogP contribution in [-0.2, 0) is 13.0 Å². The van der Waals surface area contributed by atoms with Gasteiger partial charge in [-0.15, -0.1) is 0 Å². The van der Waals surface area contributed by atoms with Gasteiger partial charge < -0.3 is 9.73 Å². The Labute approximate surface area is 137 Å². The summed E-state index contributed by atoms with van der Waals surface area (Å²) < 4.78 is 6.50. The van der Waals surface area contributed by atoms with E-state index in [1.807, 2.05) is 12.1 Å². The first-order valence-electron chi connectivity index (χ1n) is 6.99. The predicted octanol–water partition coefficient (Wildman–Crippen LogP) is 5.07. The number of fused-ring (bicyclic) bond motifs is 3. The molecular formula is C18H14INO.